The second-order valence-electron chi connectivity index (χ2n) is 4.26. The van der Waals surface area contributed by atoms with Gasteiger partial charge in [-0.2, -0.15) is 0 Å². The summed E-state index contributed by atoms with van der Waals surface area (Å²) in [7, 11) is 0. The minimum atomic E-state index is -0.329. The molecule has 0 unspecified atom stereocenters. The molecule has 2 rings (SSSR count). The third-order valence-electron chi connectivity index (χ3n) is 2.75. The highest BCUT2D eigenvalue weighted by atomic mass is 16.3. The van der Waals surface area contributed by atoms with Crippen LogP contribution >= 0.6 is 0 Å². The summed E-state index contributed by atoms with van der Waals surface area (Å²) in [6.45, 7) is 1.88. The molecule has 0 aliphatic rings. The first kappa shape index (κ1) is 13.1. The maximum absolute atomic E-state index is 11.8. The van der Waals surface area contributed by atoms with E-state index in [0.717, 1.165) is 11.3 Å². The number of hydrogen-bond donors (Lipinski definition) is 3. The van der Waals surface area contributed by atoms with Gasteiger partial charge in [-0.05, 0) is 25.1 Å². The van der Waals surface area contributed by atoms with E-state index in [1.807, 2.05) is 37.3 Å². The van der Waals surface area contributed by atoms with E-state index in [1.54, 1.807) is 18.2 Å². The molecule has 19 heavy (non-hydrogen) atoms. The van der Waals surface area contributed by atoms with E-state index in [-0.39, 0.29) is 12.6 Å². The maximum atomic E-state index is 11.8. The number of para-hydroxylation sites is 1. The van der Waals surface area contributed by atoms with Crippen molar-refractivity contribution >= 4 is 17.4 Å². The molecule has 98 valence electrons. The second kappa shape index (κ2) is 6.02. The van der Waals surface area contributed by atoms with Gasteiger partial charge in [0.25, 0.3) is 0 Å². The minimum absolute atomic E-state index is 0.110. The quantitative estimate of drug-likeness (QED) is 0.790. The number of carbonyl (C=O) groups excluding carboxylic acids is 1. The van der Waals surface area contributed by atoms with Crippen molar-refractivity contribution in [3.05, 3.63) is 59.7 Å². The Labute approximate surface area is 112 Å². The Morgan fingerprint density at radius 1 is 1.05 bits per heavy atom. The Morgan fingerprint density at radius 2 is 1.74 bits per heavy atom. The molecular formula is C15H16N2O2. The summed E-state index contributed by atoms with van der Waals surface area (Å²) in [6.07, 6.45) is 0. The van der Waals surface area contributed by atoms with E-state index in [9.17, 15) is 9.90 Å². The van der Waals surface area contributed by atoms with Crippen molar-refractivity contribution in [1.29, 1.82) is 0 Å². The van der Waals surface area contributed by atoms with Gasteiger partial charge in [-0.1, -0.05) is 35.9 Å². The van der Waals surface area contributed by atoms with Gasteiger partial charge < -0.3 is 15.7 Å². The molecular weight excluding hydrogens is 240 g/mol. The molecule has 0 aliphatic carbocycles. The van der Waals surface area contributed by atoms with Gasteiger partial charge in [0.05, 0.1) is 6.61 Å². The number of aliphatic hydroxyl groups is 1. The van der Waals surface area contributed by atoms with Crippen LogP contribution in [0.2, 0.25) is 0 Å². The van der Waals surface area contributed by atoms with Crippen molar-refractivity contribution in [1.82, 2.24) is 0 Å². The molecule has 2 amide bonds. The lowest BCUT2D eigenvalue weighted by molar-refractivity contribution is 0.262. The Morgan fingerprint density at radius 3 is 2.42 bits per heavy atom. The summed E-state index contributed by atoms with van der Waals surface area (Å²) in [5.74, 6) is 0. The van der Waals surface area contributed by atoms with Crippen LogP contribution in [-0.4, -0.2) is 11.1 Å². The SMILES string of the molecule is Cc1ccc(NC(=O)Nc2ccccc2CO)cc1. The molecule has 0 aliphatic heterocycles. The number of hydrogen-bond acceptors (Lipinski definition) is 2. The van der Waals surface area contributed by atoms with Gasteiger partial charge in [-0.3, -0.25) is 0 Å². The van der Waals surface area contributed by atoms with Crippen LogP contribution in [0, 0.1) is 6.92 Å². The summed E-state index contributed by atoms with van der Waals surface area (Å²) < 4.78 is 0. The summed E-state index contributed by atoms with van der Waals surface area (Å²) in [5, 5.41) is 14.6. The number of amides is 2. The van der Waals surface area contributed by atoms with Crippen molar-refractivity contribution in [2.75, 3.05) is 10.6 Å². The van der Waals surface area contributed by atoms with Gasteiger partial charge in [0, 0.05) is 16.9 Å². The normalized spacial score (nSPS) is 10.0. The molecule has 0 radical (unpaired) electrons. The third kappa shape index (κ3) is 3.56. The number of nitrogens with one attached hydrogen (secondary N) is 2. The number of aliphatic hydroxyl groups excluding tert-OH is 1. The first-order chi connectivity index (χ1) is 9.19. The highest BCUT2D eigenvalue weighted by Gasteiger charge is 2.05. The molecule has 4 nitrogen and oxygen atoms in total. The first-order valence-electron chi connectivity index (χ1n) is 6.02. The van der Waals surface area contributed by atoms with E-state index in [4.69, 9.17) is 0 Å². The zero-order valence-electron chi connectivity index (χ0n) is 10.7. The first-order valence-corrected chi connectivity index (χ1v) is 6.02. The Hall–Kier alpha value is -2.33. The molecule has 4 heteroatoms. The minimum Gasteiger partial charge on any atom is -0.392 e. The summed E-state index contributed by atoms with van der Waals surface area (Å²) in [4.78, 5) is 11.8. The standard InChI is InChI=1S/C15H16N2O2/c1-11-6-8-13(9-7-11)16-15(19)17-14-5-3-2-4-12(14)10-18/h2-9,18H,10H2,1H3,(H2,16,17,19). The number of benzene rings is 2. The summed E-state index contributed by atoms with van der Waals surface area (Å²) in [5.41, 5.74) is 3.15. The van der Waals surface area contributed by atoms with Crippen LogP contribution in [0.3, 0.4) is 0 Å². The third-order valence-corrected chi connectivity index (χ3v) is 2.75. The molecule has 0 saturated carbocycles. The lowest BCUT2D eigenvalue weighted by Crippen LogP contribution is -2.20. The number of anilines is 2. The molecule has 0 fully saturated rings. The van der Waals surface area contributed by atoms with Crippen molar-refractivity contribution in [3.8, 4) is 0 Å². The molecule has 2 aromatic rings. The van der Waals surface area contributed by atoms with Crippen LogP contribution in [0.4, 0.5) is 16.2 Å². The highest BCUT2D eigenvalue weighted by molar-refractivity contribution is 6.00. The van der Waals surface area contributed by atoms with E-state index in [2.05, 4.69) is 10.6 Å². The second-order valence-corrected chi connectivity index (χ2v) is 4.26. The van der Waals surface area contributed by atoms with Crippen LogP contribution < -0.4 is 10.6 Å². The molecule has 2 aromatic carbocycles. The average Bonchev–Trinajstić information content (AvgIpc) is 2.42. The van der Waals surface area contributed by atoms with Crippen molar-refractivity contribution in [3.63, 3.8) is 0 Å². The van der Waals surface area contributed by atoms with Crippen LogP contribution in [0.5, 0.6) is 0 Å². The van der Waals surface area contributed by atoms with Crippen LogP contribution in [0.25, 0.3) is 0 Å². The van der Waals surface area contributed by atoms with Crippen LogP contribution in [-0.2, 0) is 6.61 Å². The maximum Gasteiger partial charge on any atom is 0.323 e. The van der Waals surface area contributed by atoms with Crippen molar-refractivity contribution in [2.45, 2.75) is 13.5 Å². The van der Waals surface area contributed by atoms with Gasteiger partial charge in [0.15, 0.2) is 0 Å². The van der Waals surface area contributed by atoms with Gasteiger partial charge in [-0.15, -0.1) is 0 Å². The van der Waals surface area contributed by atoms with E-state index in [0.29, 0.717) is 11.3 Å². The number of urea groups is 1. The molecule has 0 aromatic heterocycles. The largest absolute Gasteiger partial charge is 0.392 e. The van der Waals surface area contributed by atoms with Crippen molar-refractivity contribution < 1.29 is 9.90 Å². The van der Waals surface area contributed by atoms with E-state index in [1.165, 1.54) is 0 Å². The molecule has 0 heterocycles. The fraction of sp³-hybridized carbons (Fsp3) is 0.133. The number of rotatable bonds is 3. The zero-order valence-corrected chi connectivity index (χ0v) is 10.7. The number of aryl methyl sites for hydroxylation is 1. The van der Waals surface area contributed by atoms with E-state index >= 15 is 0 Å². The van der Waals surface area contributed by atoms with Gasteiger partial charge in [-0.25, -0.2) is 4.79 Å². The highest BCUT2D eigenvalue weighted by Crippen LogP contribution is 2.15. The molecule has 0 saturated heterocycles. The fourth-order valence-electron chi connectivity index (χ4n) is 1.70. The lowest BCUT2D eigenvalue weighted by atomic mass is 10.2. The van der Waals surface area contributed by atoms with Gasteiger partial charge in [0.1, 0.15) is 0 Å². The van der Waals surface area contributed by atoms with Crippen LogP contribution in [0.15, 0.2) is 48.5 Å². The smallest absolute Gasteiger partial charge is 0.323 e. The van der Waals surface area contributed by atoms with Gasteiger partial charge in [0.2, 0.25) is 0 Å². The lowest BCUT2D eigenvalue weighted by Gasteiger charge is -2.10. The zero-order chi connectivity index (χ0) is 13.7. The monoisotopic (exact) mass is 256 g/mol. The predicted octanol–water partition coefficient (Wildman–Crippen LogP) is 3.13. The predicted molar refractivity (Wildman–Crippen MR) is 76.2 cm³/mol. The topological polar surface area (TPSA) is 61.4 Å². The van der Waals surface area contributed by atoms with Crippen molar-refractivity contribution in [2.24, 2.45) is 0 Å². The summed E-state index contributed by atoms with van der Waals surface area (Å²) in [6, 6.07) is 14.3. The molecule has 0 spiro atoms. The average molecular weight is 256 g/mol. The fourth-order valence-corrected chi connectivity index (χ4v) is 1.70. The molecule has 0 atom stereocenters. The number of carbonyl (C=O) groups is 1. The summed E-state index contributed by atoms with van der Waals surface area (Å²) >= 11 is 0. The molecule has 0 bridgehead atoms. The Kier molecular flexibility index (Phi) is 4.15. The Balaban J connectivity index is 2.03. The van der Waals surface area contributed by atoms with Gasteiger partial charge >= 0.3 is 6.03 Å². The molecule has 3 N–H and O–H groups in total. The van der Waals surface area contributed by atoms with E-state index < -0.39 is 0 Å². The Bertz CT molecular complexity index is 565. The van der Waals surface area contributed by atoms with Crippen LogP contribution in [0.1, 0.15) is 11.1 Å².